The van der Waals surface area contributed by atoms with Crippen LogP contribution in [0.1, 0.15) is 26.3 Å². The molecule has 31 heavy (non-hydrogen) atoms. The summed E-state index contributed by atoms with van der Waals surface area (Å²) >= 11 is 12.1. The van der Waals surface area contributed by atoms with Crippen LogP contribution in [-0.4, -0.2) is 32.1 Å². The number of carbonyl (C=O) groups excluding carboxylic acids is 2. The lowest BCUT2D eigenvalue weighted by Gasteiger charge is -2.13. The van der Waals surface area contributed by atoms with Crippen molar-refractivity contribution in [2.45, 2.75) is 0 Å². The summed E-state index contributed by atoms with van der Waals surface area (Å²) in [4.78, 5) is 27.0. The minimum atomic E-state index is -0.468. The van der Waals surface area contributed by atoms with E-state index in [1.54, 1.807) is 48.5 Å². The first kappa shape index (κ1) is 22.3. The molecular formula is C23H20Cl2N4O2. The molecule has 3 aromatic rings. The quantitative estimate of drug-likeness (QED) is 0.403. The summed E-state index contributed by atoms with van der Waals surface area (Å²) in [7, 11) is 3.84. The Bertz CT molecular complexity index is 1130. The van der Waals surface area contributed by atoms with Gasteiger partial charge >= 0.3 is 0 Å². The fourth-order valence-electron chi connectivity index (χ4n) is 2.71. The summed E-state index contributed by atoms with van der Waals surface area (Å²) in [5.41, 5.74) is 5.15. The average molecular weight is 455 g/mol. The number of hydrazone groups is 1. The number of anilines is 2. The van der Waals surface area contributed by atoms with Crippen LogP contribution in [0, 0.1) is 0 Å². The molecule has 0 radical (unpaired) electrons. The number of carbonyl (C=O) groups is 2. The fourth-order valence-corrected chi connectivity index (χ4v) is 3.06. The lowest BCUT2D eigenvalue weighted by Crippen LogP contribution is -2.21. The third-order valence-electron chi connectivity index (χ3n) is 4.40. The van der Waals surface area contributed by atoms with Gasteiger partial charge in [0.05, 0.1) is 22.5 Å². The lowest BCUT2D eigenvalue weighted by atomic mass is 10.1. The van der Waals surface area contributed by atoms with Crippen LogP contribution >= 0.6 is 23.2 Å². The van der Waals surface area contributed by atoms with Gasteiger partial charge in [-0.1, -0.05) is 35.3 Å². The maximum Gasteiger partial charge on any atom is 0.273 e. The Balaban J connectivity index is 1.70. The van der Waals surface area contributed by atoms with E-state index in [2.05, 4.69) is 15.8 Å². The van der Waals surface area contributed by atoms with E-state index >= 15 is 0 Å². The van der Waals surface area contributed by atoms with Crippen LogP contribution in [0.3, 0.4) is 0 Å². The smallest absolute Gasteiger partial charge is 0.273 e. The van der Waals surface area contributed by atoms with Gasteiger partial charge < -0.3 is 10.2 Å². The zero-order chi connectivity index (χ0) is 22.4. The van der Waals surface area contributed by atoms with Crippen LogP contribution < -0.4 is 15.6 Å². The number of benzene rings is 3. The Kier molecular flexibility index (Phi) is 7.28. The van der Waals surface area contributed by atoms with E-state index in [9.17, 15) is 9.59 Å². The highest BCUT2D eigenvalue weighted by Crippen LogP contribution is 2.21. The van der Waals surface area contributed by atoms with E-state index in [0.717, 1.165) is 5.69 Å². The summed E-state index contributed by atoms with van der Waals surface area (Å²) in [5, 5.41) is 7.78. The molecule has 0 aromatic heterocycles. The molecule has 2 amide bonds. The van der Waals surface area contributed by atoms with Crippen molar-refractivity contribution in [2.24, 2.45) is 5.10 Å². The van der Waals surface area contributed by atoms with Crippen molar-refractivity contribution in [1.82, 2.24) is 5.43 Å². The zero-order valence-corrected chi connectivity index (χ0v) is 18.4. The molecule has 2 N–H and O–H groups in total. The summed E-state index contributed by atoms with van der Waals surface area (Å²) in [6.45, 7) is 0. The molecule has 3 rings (SSSR count). The molecule has 0 fully saturated rings. The van der Waals surface area contributed by atoms with E-state index in [-0.39, 0.29) is 11.5 Å². The molecule has 0 bridgehead atoms. The highest BCUT2D eigenvalue weighted by Gasteiger charge is 2.14. The number of hydrogen-bond donors (Lipinski definition) is 2. The Morgan fingerprint density at radius 1 is 0.935 bits per heavy atom. The van der Waals surface area contributed by atoms with Crippen molar-refractivity contribution in [3.8, 4) is 0 Å². The molecule has 0 atom stereocenters. The summed E-state index contributed by atoms with van der Waals surface area (Å²) in [6.07, 6.45) is 1.47. The Labute approximate surface area is 190 Å². The molecule has 0 heterocycles. The third-order valence-corrected chi connectivity index (χ3v) is 4.98. The van der Waals surface area contributed by atoms with Gasteiger partial charge in [-0.25, -0.2) is 5.43 Å². The molecule has 8 heteroatoms. The molecule has 0 aliphatic rings. The number of hydrogen-bond acceptors (Lipinski definition) is 4. The Morgan fingerprint density at radius 2 is 1.65 bits per heavy atom. The van der Waals surface area contributed by atoms with Crippen LogP contribution in [0.15, 0.2) is 71.8 Å². The normalized spacial score (nSPS) is 10.7. The molecule has 158 valence electrons. The maximum atomic E-state index is 12.6. The van der Waals surface area contributed by atoms with E-state index in [0.29, 0.717) is 26.9 Å². The Hall–Kier alpha value is -3.35. The number of rotatable bonds is 6. The van der Waals surface area contributed by atoms with Gasteiger partial charge in [0, 0.05) is 35.9 Å². The highest BCUT2D eigenvalue weighted by atomic mass is 35.5. The van der Waals surface area contributed by atoms with Gasteiger partial charge in [-0.15, -0.1) is 0 Å². The average Bonchev–Trinajstić information content (AvgIpc) is 2.75. The monoisotopic (exact) mass is 454 g/mol. The molecule has 0 aliphatic carbocycles. The van der Waals surface area contributed by atoms with Crippen molar-refractivity contribution < 1.29 is 9.59 Å². The largest absolute Gasteiger partial charge is 0.378 e. The SMILES string of the molecule is CN(C)c1ccc(/C=N/NC(=O)c2ccccc2NC(=O)c2ccc(Cl)cc2)c(Cl)c1. The van der Waals surface area contributed by atoms with Gasteiger partial charge in [0.15, 0.2) is 0 Å². The molecule has 0 spiro atoms. The maximum absolute atomic E-state index is 12.6. The number of amides is 2. The zero-order valence-electron chi connectivity index (χ0n) is 16.9. The van der Waals surface area contributed by atoms with Crippen molar-refractivity contribution in [2.75, 3.05) is 24.3 Å². The molecule has 0 unspecified atom stereocenters. The third kappa shape index (κ3) is 5.84. The first-order valence-corrected chi connectivity index (χ1v) is 10.1. The number of nitrogens with one attached hydrogen (secondary N) is 2. The van der Waals surface area contributed by atoms with E-state index in [1.165, 1.54) is 6.21 Å². The van der Waals surface area contributed by atoms with E-state index in [4.69, 9.17) is 23.2 Å². The number of halogens is 2. The predicted molar refractivity (Wildman–Crippen MR) is 127 cm³/mol. The fraction of sp³-hybridized carbons (Fsp3) is 0.0870. The lowest BCUT2D eigenvalue weighted by molar-refractivity contribution is 0.0956. The summed E-state index contributed by atoms with van der Waals surface area (Å²) in [5.74, 6) is -0.822. The van der Waals surface area contributed by atoms with Crippen molar-refractivity contribution in [1.29, 1.82) is 0 Å². The van der Waals surface area contributed by atoms with Crippen LogP contribution in [0.5, 0.6) is 0 Å². The Morgan fingerprint density at radius 3 is 2.32 bits per heavy atom. The van der Waals surface area contributed by atoms with Crippen LogP contribution in [-0.2, 0) is 0 Å². The molecule has 6 nitrogen and oxygen atoms in total. The minimum Gasteiger partial charge on any atom is -0.378 e. The van der Waals surface area contributed by atoms with Crippen molar-refractivity contribution in [3.05, 3.63) is 93.5 Å². The van der Waals surface area contributed by atoms with Gasteiger partial charge in [-0.3, -0.25) is 9.59 Å². The van der Waals surface area contributed by atoms with E-state index < -0.39 is 5.91 Å². The van der Waals surface area contributed by atoms with Crippen molar-refractivity contribution in [3.63, 3.8) is 0 Å². The van der Waals surface area contributed by atoms with Crippen LogP contribution in [0.4, 0.5) is 11.4 Å². The molecule has 3 aromatic carbocycles. The number of nitrogens with zero attached hydrogens (tertiary/aromatic N) is 2. The standard InChI is InChI=1S/C23H20Cl2N4O2/c1-29(2)18-12-9-16(20(25)13-18)14-26-28-23(31)19-5-3-4-6-21(19)27-22(30)15-7-10-17(24)11-8-15/h3-14H,1-2H3,(H,27,30)(H,28,31)/b26-14+. The topological polar surface area (TPSA) is 73.8 Å². The summed E-state index contributed by atoms with van der Waals surface area (Å²) < 4.78 is 0. The second-order valence-corrected chi connectivity index (χ2v) is 7.65. The molecular weight excluding hydrogens is 435 g/mol. The molecule has 0 saturated carbocycles. The predicted octanol–water partition coefficient (Wildman–Crippen LogP) is 5.08. The van der Waals surface area contributed by atoms with Gasteiger partial charge in [0.2, 0.25) is 0 Å². The minimum absolute atomic E-state index is 0.274. The van der Waals surface area contributed by atoms with Crippen LogP contribution in [0.25, 0.3) is 0 Å². The first-order chi connectivity index (χ1) is 14.8. The second-order valence-electron chi connectivity index (χ2n) is 6.81. The van der Waals surface area contributed by atoms with Crippen molar-refractivity contribution >= 4 is 52.6 Å². The summed E-state index contributed by atoms with van der Waals surface area (Å²) in [6, 6.07) is 18.7. The second kappa shape index (κ2) is 10.1. The van der Waals surface area contributed by atoms with Gasteiger partial charge in [0.25, 0.3) is 11.8 Å². The molecule has 0 saturated heterocycles. The van der Waals surface area contributed by atoms with Gasteiger partial charge in [-0.2, -0.15) is 5.10 Å². The van der Waals surface area contributed by atoms with E-state index in [1.807, 2.05) is 37.2 Å². The van der Waals surface area contributed by atoms with Gasteiger partial charge in [0.1, 0.15) is 0 Å². The first-order valence-electron chi connectivity index (χ1n) is 9.31. The van der Waals surface area contributed by atoms with Gasteiger partial charge in [-0.05, 0) is 54.6 Å². The molecule has 0 aliphatic heterocycles. The highest BCUT2D eigenvalue weighted by molar-refractivity contribution is 6.33. The van der Waals surface area contributed by atoms with Crippen LogP contribution in [0.2, 0.25) is 10.0 Å². The number of para-hydroxylation sites is 1.